The number of rotatable bonds is 6. The van der Waals surface area contributed by atoms with Crippen LogP contribution in [0.2, 0.25) is 0 Å². The van der Waals surface area contributed by atoms with Crippen molar-refractivity contribution in [2.24, 2.45) is 0 Å². The van der Waals surface area contributed by atoms with Crippen LogP contribution in [0.3, 0.4) is 0 Å². The molecule has 0 saturated carbocycles. The van der Waals surface area contributed by atoms with Crippen molar-refractivity contribution in [3.8, 4) is 0 Å². The first kappa shape index (κ1) is 21.8. The van der Waals surface area contributed by atoms with Gasteiger partial charge in [-0.3, -0.25) is 18.3 Å². The molecule has 4 atom stereocenters. The second kappa shape index (κ2) is 8.24. The predicted octanol–water partition coefficient (Wildman–Crippen LogP) is -1.13. The van der Waals surface area contributed by atoms with Crippen molar-refractivity contribution in [2.45, 2.75) is 45.3 Å². The highest BCUT2D eigenvalue weighted by molar-refractivity contribution is 7.86. The molecule has 2 heterocycles. The van der Waals surface area contributed by atoms with Gasteiger partial charge in [-0.1, -0.05) is 0 Å². The van der Waals surface area contributed by atoms with Crippen LogP contribution >= 0.6 is 0 Å². The standard InChI is InChI=1S/C15H21N3O9S/c1-7-5-18(15(21)17-13(7)16)14-12(25-9(3)20)11(27-28(4,22)23)10(26-14)6-24-8(2)19/h5,10-12,14H,6H2,1-4H3,(H2,16,17,21)/t10-,11+,12-,14-/m1/s1. The van der Waals surface area contributed by atoms with Gasteiger partial charge >= 0.3 is 17.6 Å². The Labute approximate surface area is 160 Å². The minimum Gasteiger partial charge on any atom is -0.463 e. The zero-order valence-corrected chi connectivity index (χ0v) is 16.5. The summed E-state index contributed by atoms with van der Waals surface area (Å²) in [6.45, 7) is 3.46. The Morgan fingerprint density at radius 2 is 1.93 bits per heavy atom. The monoisotopic (exact) mass is 419 g/mol. The third-order valence-corrected chi connectivity index (χ3v) is 4.34. The minimum absolute atomic E-state index is 0.00341. The zero-order chi connectivity index (χ0) is 21.2. The average molecular weight is 419 g/mol. The summed E-state index contributed by atoms with van der Waals surface area (Å²) in [5.41, 5.74) is 5.24. The summed E-state index contributed by atoms with van der Waals surface area (Å²) in [6, 6.07) is 0. The molecule has 0 radical (unpaired) electrons. The van der Waals surface area contributed by atoms with Gasteiger partial charge in [0.1, 0.15) is 24.6 Å². The molecule has 0 bridgehead atoms. The molecule has 1 aromatic rings. The molecule has 28 heavy (non-hydrogen) atoms. The Bertz CT molecular complexity index is 927. The Hall–Kier alpha value is -2.51. The van der Waals surface area contributed by atoms with Crippen molar-refractivity contribution in [2.75, 3.05) is 18.6 Å². The van der Waals surface area contributed by atoms with Gasteiger partial charge in [-0.15, -0.1) is 0 Å². The molecule has 0 aliphatic carbocycles. The number of carbonyl (C=O) groups is 2. The lowest BCUT2D eigenvalue weighted by Crippen LogP contribution is -2.42. The highest BCUT2D eigenvalue weighted by Gasteiger charge is 2.51. The van der Waals surface area contributed by atoms with Gasteiger partial charge in [-0.05, 0) is 6.92 Å². The number of hydrogen-bond donors (Lipinski definition) is 1. The minimum atomic E-state index is -4.01. The van der Waals surface area contributed by atoms with Gasteiger partial charge in [0, 0.05) is 25.6 Å². The van der Waals surface area contributed by atoms with Gasteiger partial charge in [0.25, 0.3) is 10.1 Å². The highest BCUT2D eigenvalue weighted by atomic mass is 32.2. The smallest absolute Gasteiger partial charge is 0.351 e. The Balaban J connectivity index is 2.50. The van der Waals surface area contributed by atoms with E-state index in [4.69, 9.17) is 24.1 Å². The first-order valence-corrected chi connectivity index (χ1v) is 9.90. The van der Waals surface area contributed by atoms with Crippen LogP contribution in [0.15, 0.2) is 11.0 Å². The van der Waals surface area contributed by atoms with Crippen molar-refractivity contribution < 1.29 is 36.4 Å². The van der Waals surface area contributed by atoms with Crippen LogP contribution in [-0.2, 0) is 38.1 Å². The van der Waals surface area contributed by atoms with E-state index in [1.165, 1.54) is 6.20 Å². The van der Waals surface area contributed by atoms with Gasteiger partial charge in [-0.25, -0.2) is 4.79 Å². The molecule has 0 unspecified atom stereocenters. The molecule has 1 saturated heterocycles. The quantitative estimate of drug-likeness (QED) is 0.438. The van der Waals surface area contributed by atoms with Crippen LogP contribution in [0, 0.1) is 6.92 Å². The maximum Gasteiger partial charge on any atom is 0.351 e. The van der Waals surface area contributed by atoms with E-state index in [1.54, 1.807) is 6.92 Å². The maximum atomic E-state index is 12.3. The van der Waals surface area contributed by atoms with Gasteiger partial charge < -0.3 is 19.9 Å². The molecular formula is C15H21N3O9S. The van der Waals surface area contributed by atoms with Crippen LogP contribution in [0.1, 0.15) is 25.6 Å². The van der Waals surface area contributed by atoms with Gasteiger partial charge in [0.15, 0.2) is 12.3 Å². The molecule has 156 valence electrons. The maximum absolute atomic E-state index is 12.3. The van der Waals surface area contributed by atoms with Gasteiger partial charge in [0.05, 0.1) is 6.26 Å². The Morgan fingerprint density at radius 3 is 2.46 bits per heavy atom. The summed E-state index contributed by atoms with van der Waals surface area (Å²) < 4.78 is 45.2. The lowest BCUT2D eigenvalue weighted by molar-refractivity contribution is -0.155. The largest absolute Gasteiger partial charge is 0.463 e. The lowest BCUT2D eigenvalue weighted by atomic mass is 10.1. The second-order valence-corrected chi connectivity index (χ2v) is 7.81. The number of nitrogens with zero attached hydrogens (tertiary/aromatic N) is 2. The normalized spacial score (nSPS) is 24.7. The molecular weight excluding hydrogens is 398 g/mol. The third-order valence-electron chi connectivity index (χ3n) is 3.77. The predicted molar refractivity (Wildman–Crippen MR) is 93.5 cm³/mol. The molecule has 13 heteroatoms. The van der Waals surface area contributed by atoms with Crippen LogP contribution in [0.25, 0.3) is 0 Å². The first-order valence-electron chi connectivity index (χ1n) is 8.08. The lowest BCUT2D eigenvalue weighted by Gasteiger charge is -2.23. The van der Waals surface area contributed by atoms with E-state index in [1.807, 2.05) is 0 Å². The van der Waals surface area contributed by atoms with Crippen molar-refractivity contribution >= 4 is 27.9 Å². The van der Waals surface area contributed by atoms with E-state index in [9.17, 15) is 22.8 Å². The van der Waals surface area contributed by atoms with Gasteiger partial charge in [-0.2, -0.15) is 13.4 Å². The van der Waals surface area contributed by atoms with E-state index in [-0.39, 0.29) is 12.4 Å². The van der Waals surface area contributed by atoms with Crippen molar-refractivity contribution in [3.63, 3.8) is 0 Å². The number of ether oxygens (including phenoxy) is 3. The average Bonchev–Trinajstić information content (AvgIpc) is 2.84. The van der Waals surface area contributed by atoms with E-state index >= 15 is 0 Å². The van der Waals surface area contributed by atoms with Gasteiger partial charge in [0.2, 0.25) is 0 Å². The number of nitrogens with two attached hydrogens (primary N) is 1. The SMILES string of the molecule is CC(=O)OC[C@H]1O[C@@H](n2cc(C)c(N)nc2=O)[C@H](OC(C)=O)[C@H]1OS(C)(=O)=O. The fourth-order valence-electron chi connectivity index (χ4n) is 2.66. The number of esters is 2. The summed E-state index contributed by atoms with van der Waals surface area (Å²) in [4.78, 5) is 38.6. The van der Waals surface area contributed by atoms with Crippen LogP contribution in [0.5, 0.6) is 0 Å². The number of aromatic nitrogens is 2. The Morgan fingerprint density at radius 1 is 1.29 bits per heavy atom. The number of aryl methyl sites for hydroxylation is 1. The summed E-state index contributed by atoms with van der Waals surface area (Å²) >= 11 is 0. The van der Waals surface area contributed by atoms with E-state index < -0.39 is 52.3 Å². The summed E-state index contributed by atoms with van der Waals surface area (Å²) in [5.74, 6) is -1.40. The number of anilines is 1. The second-order valence-electron chi connectivity index (χ2n) is 6.21. The van der Waals surface area contributed by atoms with Crippen molar-refractivity contribution in [1.82, 2.24) is 9.55 Å². The molecule has 0 amide bonds. The molecule has 0 spiro atoms. The van der Waals surface area contributed by atoms with E-state index in [0.29, 0.717) is 5.56 Å². The molecule has 0 aromatic carbocycles. The van der Waals surface area contributed by atoms with Crippen molar-refractivity contribution in [1.29, 1.82) is 0 Å². The zero-order valence-electron chi connectivity index (χ0n) is 15.6. The van der Waals surface area contributed by atoms with E-state index in [0.717, 1.165) is 24.7 Å². The third kappa shape index (κ3) is 5.27. The molecule has 1 aliphatic rings. The molecule has 2 N–H and O–H groups in total. The Kier molecular flexibility index (Phi) is 6.41. The topological polar surface area (TPSA) is 166 Å². The summed E-state index contributed by atoms with van der Waals surface area (Å²) in [6.07, 6.45) is -3.00. The number of carbonyl (C=O) groups excluding carboxylic acids is 2. The van der Waals surface area contributed by atoms with Crippen LogP contribution < -0.4 is 11.4 Å². The summed E-state index contributed by atoms with van der Waals surface area (Å²) in [5, 5.41) is 0. The highest BCUT2D eigenvalue weighted by Crippen LogP contribution is 2.34. The fourth-order valence-corrected chi connectivity index (χ4v) is 3.30. The fraction of sp³-hybridized carbons (Fsp3) is 0.600. The van der Waals surface area contributed by atoms with Crippen molar-refractivity contribution in [3.05, 3.63) is 22.2 Å². The first-order chi connectivity index (χ1) is 12.9. The number of nitrogen functional groups attached to an aromatic ring is 1. The molecule has 2 rings (SSSR count). The summed E-state index contributed by atoms with van der Waals surface area (Å²) in [7, 11) is -4.01. The van der Waals surface area contributed by atoms with Crippen LogP contribution in [0.4, 0.5) is 5.82 Å². The molecule has 1 aliphatic heterocycles. The van der Waals surface area contributed by atoms with Crippen LogP contribution in [-0.4, -0.2) is 61.1 Å². The molecule has 1 fully saturated rings. The molecule has 1 aromatic heterocycles. The molecule has 12 nitrogen and oxygen atoms in total. The van der Waals surface area contributed by atoms with E-state index in [2.05, 4.69) is 4.98 Å². The number of hydrogen-bond acceptors (Lipinski definition) is 11.